The minimum Gasteiger partial charge on any atom is -0.376 e. The van der Waals surface area contributed by atoms with Gasteiger partial charge in [-0.25, -0.2) is 0 Å². The first-order chi connectivity index (χ1) is 10.8. The van der Waals surface area contributed by atoms with Gasteiger partial charge in [0.25, 0.3) is 5.91 Å². The van der Waals surface area contributed by atoms with Crippen LogP contribution in [0.5, 0.6) is 0 Å². The van der Waals surface area contributed by atoms with Crippen molar-refractivity contribution in [2.24, 2.45) is 0 Å². The molecule has 116 valence electrons. The Balaban J connectivity index is 1.74. The van der Waals surface area contributed by atoms with Crippen molar-refractivity contribution >= 4 is 5.91 Å². The molecule has 1 atom stereocenters. The van der Waals surface area contributed by atoms with E-state index in [2.05, 4.69) is 10.3 Å². The lowest BCUT2D eigenvalue weighted by atomic mass is 10.1. The Labute approximate surface area is 130 Å². The molecule has 2 aromatic heterocycles. The molecule has 1 fully saturated rings. The van der Waals surface area contributed by atoms with E-state index < -0.39 is 0 Å². The van der Waals surface area contributed by atoms with E-state index in [1.165, 1.54) is 0 Å². The molecule has 0 aliphatic carbocycles. The quantitative estimate of drug-likeness (QED) is 0.923. The number of nitrogens with zero attached hydrogens (tertiary/aromatic N) is 2. The lowest BCUT2D eigenvalue weighted by Gasteiger charge is -2.11. The fraction of sp³-hybridized carbons (Fsp3) is 0.412. The number of nitrogens with one attached hydrogen (secondary N) is 1. The number of aromatic nitrogens is 2. The number of ether oxygens (including phenoxy) is 1. The highest BCUT2D eigenvalue weighted by molar-refractivity contribution is 5.94. The second-order valence-electron chi connectivity index (χ2n) is 5.48. The van der Waals surface area contributed by atoms with Gasteiger partial charge in [0.15, 0.2) is 0 Å². The third-order valence-electron chi connectivity index (χ3n) is 4.00. The third kappa shape index (κ3) is 3.20. The van der Waals surface area contributed by atoms with Crippen molar-refractivity contribution in [3.05, 3.63) is 42.5 Å². The zero-order valence-electron chi connectivity index (χ0n) is 12.8. The molecule has 5 heteroatoms. The fourth-order valence-corrected chi connectivity index (χ4v) is 2.77. The number of aryl methyl sites for hydroxylation is 1. The van der Waals surface area contributed by atoms with Crippen LogP contribution in [0.25, 0.3) is 11.1 Å². The Bertz CT molecular complexity index is 631. The Hall–Kier alpha value is -2.14. The lowest BCUT2D eigenvalue weighted by molar-refractivity contribution is 0.0850. The monoisotopic (exact) mass is 299 g/mol. The first-order valence-electron chi connectivity index (χ1n) is 7.78. The highest BCUT2D eigenvalue weighted by Crippen LogP contribution is 2.21. The predicted molar refractivity (Wildman–Crippen MR) is 84.6 cm³/mol. The Morgan fingerprint density at radius 2 is 2.23 bits per heavy atom. The molecule has 0 saturated carbocycles. The smallest absolute Gasteiger partial charge is 0.268 e. The minimum absolute atomic E-state index is 0.0438. The summed E-state index contributed by atoms with van der Waals surface area (Å²) < 4.78 is 7.51. The molecule has 5 nitrogen and oxygen atoms in total. The number of rotatable bonds is 5. The Kier molecular flexibility index (Phi) is 4.53. The van der Waals surface area contributed by atoms with Gasteiger partial charge in [-0.3, -0.25) is 9.78 Å². The SMILES string of the molecule is CCn1cc(-c2ccncc2)cc1C(=O)NC[C@H]1CCCO1. The van der Waals surface area contributed by atoms with Crippen LogP contribution in [-0.2, 0) is 11.3 Å². The Morgan fingerprint density at radius 3 is 2.91 bits per heavy atom. The van der Waals surface area contributed by atoms with Gasteiger partial charge in [0.2, 0.25) is 0 Å². The van der Waals surface area contributed by atoms with Crippen LogP contribution in [0.4, 0.5) is 0 Å². The molecule has 0 aromatic carbocycles. The minimum atomic E-state index is -0.0438. The van der Waals surface area contributed by atoms with Gasteiger partial charge in [0.1, 0.15) is 5.69 Å². The summed E-state index contributed by atoms with van der Waals surface area (Å²) in [4.78, 5) is 16.5. The summed E-state index contributed by atoms with van der Waals surface area (Å²) in [5.74, 6) is -0.0438. The van der Waals surface area contributed by atoms with E-state index in [1.807, 2.05) is 35.9 Å². The summed E-state index contributed by atoms with van der Waals surface area (Å²) >= 11 is 0. The van der Waals surface area contributed by atoms with Crippen LogP contribution in [0, 0.1) is 0 Å². The summed E-state index contributed by atoms with van der Waals surface area (Å²) in [5, 5.41) is 2.98. The van der Waals surface area contributed by atoms with E-state index in [0.717, 1.165) is 37.1 Å². The van der Waals surface area contributed by atoms with E-state index in [0.29, 0.717) is 12.2 Å². The van der Waals surface area contributed by atoms with Gasteiger partial charge in [-0.05, 0) is 43.5 Å². The molecule has 3 rings (SSSR count). The molecule has 1 aliphatic rings. The summed E-state index contributed by atoms with van der Waals surface area (Å²) in [7, 11) is 0. The van der Waals surface area contributed by atoms with Gasteiger partial charge in [-0.2, -0.15) is 0 Å². The van der Waals surface area contributed by atoms with Crippen LogP contribution in [0.1, 0.15) is 30.3 Å². The molecule has 1 aliphatic heterocycles. The topological polar surface area (TPSA) is 56.2 Å². The van der Waals surface area contributed by atoms with Crippen LogP contribution >= 0.6 is 0 Å². The van der Waals surface area contributed by atoms with Crippen LogP contribution < -0.4 is 5.32 Å². The molecule has 0 bridgehead atoms. The van der Waals surface area contributed by atoms with Crippen molar-refractivity contribution in [1.82, 2.24) is 14.9 Å². The number of hydrogen-bond acceptors (Lipinski definition) is 3. The molecule has 3 heterocycles. The van der Waals surface area contributed by atoms with E-state index in [-0.39, 0.29) is 12.0 Å². The van der Waals surface area contributed by atoms with Crippen molar-refractivity contribution in [2.45, 2.75) is 32.4 Å². The fourth-order valence-electron chi connectivity index (χ4n) is 2.77. The van der Waals surface area contributed by atoms with Crippen LogP contribution in [0.2, 0.25) is 0 Å². The molecular weight excluding hydrogens is 278 g/mol. The summed E-state index contributed by atoms with van der Waals surface area (Å²) in [6.45, 7) is 4.18. The van der Waals surface area contributed by atoms with E-state index >= 15 is 0 Å². The van der Waals surface area contributed by atoms with Crippen molar-refractivity contribution in [2.75, 3.05) is 13.2 Å². The van der Waals surface area contributed by atoms with E-state index in [4.69, 9.17) is 4.74 Å². The average Bonchev–Trinajstić information content (AvgIpc) is 3.22. The molecule has 1 saturated heterocycles. The molecule has 0 radical (unpaired) electrons. The van der Waals surface area contributed by atoms with Gasteiger partial charge >= 0.3 is 0 Å². The number of pyridine rings is 1. The Morgan fingerprint density at radius 1 is 1.41 bits per heavy atom. The zero-order chi connectivity index (χ0) is 15.4. The molecule has 1 N–H and O–H groups in total. The molecule has 1 amide bonds. The molecule has 0 unspecified atom stereocenters. The predicted octanol–water partition coefficient (Wildman–Crippen LogP) is 2.48. The van der Waals surface area contributed by atoms with Crippen molar-refractivity contribution in [3.63, 3.8) is 0 Å². The highest BCUT2D eigenvalue weighted by Gasteiger charge is 2.18. The third-order valence-corrected chi connectivity index (χ3v) is 4.00. The van der Waals surface area contributed by atoms with Gasteiger partial charge < -0.3 is 14.6 Å². The van der Waals surface area contributed by atoms with E-state index in [9.17, 15) is 4.79 Å². The maximum Gasteiger partial charge on any atom is 0.268 e. The first kappa shape index (κ1) is 14.8. The van der Waals surface area contributed by atoms with Crippen LogP contribution in [0.3, 0.4) is 0 Å². The number of hydrogen-bond donors (Lipinski definition) is 1. The molecule has 0 spiro atoms. The first-order valence-corrected chi connectivity index (χ1v) is 7.78. The van der Waals surface area contributed by atoms with Crippen molar-refractivity contribution < 1.29 is 9.53 Å². The maximum absolute atomic E-state index is 12.4. The highest BCUT2D eigenvalue weighted by atomic mass is 16.5. The lowest BCUT2D eigenvalue weighted by Crippen LogP contribution is -2.32. The van der Waals surface area contributed by atoms with Gasteiger partial charge in [-0.15, -0.1) is 0 Å². The van der Waals surface area contributed by atoms with Gasteiger partial charge in [0.05, 0.1) is 6.10 Å². The number of carbonyl (C=O) groups is 1. The largest absolute Gasteiger partial charge is 0.376 e. The second-order valence-corrected chi connectivity index (χ2v) is 5.48. The summed E-state index contributed by atoms with van der Waals surface area (Å²) in [6.07, 6.45) is 7.80. The van der Waals surface area contributed by atoms with Gasteiger partial charge in [0, 0.05) is 43.9 Å². The van der Waals surface area contributed by atoms with Gasteiger partial charge in [-0.1, -0.05) is 0 Å². The standard InChI is InChI=1S/C17H21N3O2/c1-2-20-12-14(13-5-7-18-8-6-13)10-16(20)17(21)19-11-15-4-3-9-22-15/h5-8,10,12,15H,2-4,9,11H2,1H3,(H,19,21)/t15-/m1/s1. The number of amides is 1. The molecular formula is C17H21N3O2. The van der Waals surface area contributed by atoms with Crippen LogP contribution in [0.15, 0.2) is 36.8 Å². The second kappa shape index (κ2) is 6.75. The molecule has 2 aromatic rings. The van der Waals surface area contributed by atoms with Crippen molar-refractivity contribution in [3.8, 4) is 11.1 Å². The van der Waals surface area contributed by atoms with Crippen LogP contribution in [-0.4, -0.2) is 34.7 Å². The maximum atomic E-state index is 12.4. The molecule has 22 heavy (non-hydrogen) atoms. The average molecular weight is 299 g/mol. The summed E-state index contributed by atoms with van der Waals surface area (Å²) in [6, 6.07) is 5.83. The summed E-state index contributed by atoms with van der Waals surface area (Å²) in [5.41, 5.74) is 2.79. The zero-order valence-corrected chi connectivity index (χ0v) is 12.8. The van der Waals surface area contributed by atoms with E-state index in [1.54, 1.807) is 12.4 Å². The normalized spacial score (nSPS) is 17.6. The van der Waals surface area contributed by atoms with Crippen molar-refractivity contribution in [1.29, 1.82) is 0 Å². The number of carbonyl (C=O) groups excluding carboxylic acids is 1.